The third-order valence-corrected chi connectivity index (χ3v) is 4.08. The van der Waals surface area contributed by atoms with Gasteiger partial charge in [-0.25, -0.2) is 9.59 Å². The van der Waals surface area contributed by atoms with Gasteiger partial charge in [-0.3, -0.25) is 0 Å². The number of hydrogen-bond acceptors (Lipinski definition) is 6. The largest absolute Gasteiger partial charge is 0.466 e. The molecule has 1 heterocycles. The number of nitrogens with zero attached hydrogens (tertiary/aromatic N) is 1. The third-order valence-electron chi connectivity index (χ3n) is 4.08. The highest BCUT2D eigenvalue weighted by Crippen LogP contribution is 2.45. The molecule has 3 rings (SSSR count). The highest BCUT2D eigenvalue weighted by Gasteiger charge is 2.35. The number of esters is 2. The molecule has 1 saturated carbocycles. The summed E-state index contributed by atoms with van der Waals surface area (Å²) in [5.74, 6) is -0.660. The Morgan fingerprint density at radius 3 is 2.48 bits per heavy atom. The summed E-state index contributed by atoms with van der Waals surface area (Å²) in [6, 6.07) is 7.86. The molecule has 0 aromatic heterocycles. The van der Waals surface area contributed by atoms with Gasteiger partial charge in [0.15, 0.2) is 0 Å². The molecule has 1 aliphatic carbocycles. The highest BCUT2D eigenvalue weighted by atomic mass is 16.5. The molecule has 1 aromatic carbocycles. The number of benzene rings is 1. The van der Waals surface area contributed by atoms with Crippen molar-refractivity contribution in [2.75, 3.05) is 32.5 Å². The van der Waals surface area contributed by atoms with Crippen LogP contribution in [0.5, 0.6) is 0 Å². The van der Waals surface area contributed by atoms with E-state index in [2.05, 4.69) is 0 Å². The Balaban J connectivity index is 2.09. The van der Waals surface area contributed by atoms with E-state index in [9.17, 15) is 9.59 Å². The maximum Gasteiger partial charge on any atom is 0.355 e. The van der Waals surface area contributed by atoms with Crippen LogP contribution in [0.3, 0.4) is 0 Å². The minimum atomic E-state index is -0.584. The zero-order valence-electron chi connectivity index (χ0n) is 13.2. The van der Waals surface area contributed by atoms with Crippen LogP contribution in [0.15, 0.2) is 35.5 Å². The Bertz CT molecular complexity index is 663. The summed E-state index contributed by atoms with van der Waals surface area (Å²) >= 11 is 0. The van der Waals surface area contributed by atoms with Crippen LogP contribution >= 0.6 is 0 Å². The van der Waals surface area contributed by atoms with Crippen molar-refractivity contribution in [3.05, 3.63) is 41.1 Å². The Morgan fingerprint density at radius 2 is 1.83 bits per heavy atom. The van der Waals surface area contributed by atoms with Crippen LogP contribution in [0.1, 0.15) is 24.3 Å². The summed E-state index contributed by atoms with van der Waals surface area (Å²) in [7, 11) is 2.58. The van der Waals surface area contributed by atoms with Crippen molar-refractivity contribution >= 4 is 17.6 Å². The zero-order chi connectivity index (χ0) is 16.4. The monoisotopic (exact) mass is 317 g/mol. The average molecular weight is 317 g/mol. The zero-order valence-corrected chi connectivity index (χ0v) is 13.2. The molecule has 1 aliphatic heterocycles. The quantitative estimate of drug-likeness (QED) is 0.791. The number of rotatable bonds is 4. The molecular weight excluding hydrogens is 298 g/mol. The second kappa shape index (κ2) is 6.42. The maximum atomic E-state index is 12.3. The van der Waals surface area contributed by atoms with E-state index >= 15 is 0 Å². The predicted molar refractivity (Wildman–Crippen MR) is 82.8 cm³/mol. The lowest BCUT2D eigenvalue weighted by Gasteiger charge is -2.32. The Hall–Kier alpha value is -2.34. The first-order chi connectivity index (χ1) is 11.2. The minimum Gasteiger partial charge on any atom is -0.466 e. The fourth-order valence-electron chi connectivity index (χ4n) is 2.81. The molecule has 23 heavy (non-hydrogen) atoms. The molecule has 0 spiro atoms. The third kappa shape index (κ3) is 2.94. The number of ether oxygens (including phenoxy) is 3. The molecule has 122 valence electrons. The smallest absolute Gasteiger partial charge is 0.355 e. The Morgan fingerprint density at radius 1 is 1.13 bits per heavy atom. The van der Waals surface area contributed by atoms with Crippen LogP contribution in [0.4, 0.5) is 5.69 Å². The van der Waals surface area contributed by atoms with Gasteiger partial charge < -0.3 is 19.1 Å². The lowest BCUT2D eigenvalue weighted by molar-refractivity contribution is -0.140. The average Bonchev–Trinajstić information content (AvgIpc) is 3.44. The summed E-state index contributed by atoms with van der Waals surface area (Å²) < 4.78 is 15.2. The Labute approximate surface area is 134 Å². The van der Waals surface area contributed by atoms with Crippen molar-refractivity contribution in [2.45, 2.75) is 18.8 Å². The van der Waals surface area contributed by atoms with E-state index in [1.165, 1.54) is 14.2 Å². The van der Waals surface area contributed by atoms with Crippen molar-refractivity contribution < 1.29 is 23.8 Å². The van der Waals surface area contributed by atoms with Crippen LogP contribution in [-0.2, 0) is 23.8 Å². The molecule has 2 aliphatic rings. The molecule has 0 unspecified atom stereocenters. The van der Waals surface area contributed by atoms with Gasteiger partial charge in [-0.15, -0.1) is 0 Å². The number of carbonyl (C=O) groups is 2. The van der Waals surface area contributed by atoms with E-state index in [0.29, 0.717) is 5.92 Å². The van der Waals surface area contributed by atoms with Crippen molar-refractivity contribution in [3.63, 3.8) is 0 Å². The summed E-state index contributed by atoms with van der Waals surface area (Å²) in [6.45, 7) is 0.216. The lowest BCUT2D eigenvalue weighted by atomic mass is 10.1. The van der Waals surface area contributed by atoms with E-state index < -0.39 is 11.9 Å². The molecule has 6 heteroatoms. The van der Waals surface area contributed by atoms with Crippen LogP contribution in [0, 0.1) is 0 Å². The molecule has 6 nitrogen and oxygen atoms in total. The topological polar surface area (TPSA) is 65.1 Å². The molecule has 0 N–H and O–H groups in total. The molecule has 1 fully saturated rings. The fourth-order valence-corrected chi connectivity index (χ4v) is 2.81. The van der Waals surface area contributed by atoms with Crippen LogP contribution in [-0.4, -0.2) is 39.5 Å². The standard InChI is InChI=1S/C17H19NO5/c1-21-16(19)13-9-23-10-18(15(13)17(20)22-2)14-6-4-3-5-12(14)11-7-8-11/h3-6,11H,7-10H2,1-2H3. The fraction of sp³-hybridized carbons (Fsp3) is 0.412. The number of methoxy groups -OCH3 is 2. The van der Waals surface area contributed by atoms with Gasteiger partial charge in [-0.05, 0) is 30.4 Å². The van der Waals surface area contributed by atoms with Gasteiger partial charge in [0.25, 0.3) is 0 Å². The van der Waals surface area contributed by atoms with Gasteiger partial charge in [0.05, 0.1) is 26.4 Å². The van der Waals surface area contributed by atoms with Crippen LogP contribution < -0.4 is 4.90 Å². The summed E-state index contributed by atoms with van der Waals surface area (Å²) in [5.41, 5.74) is 2.40. The van der Waals surface area contributed by atoms with Crippen molar-refractivity contribution in [1.29, 1.82) is 0 Å². The van der Waals surface area contributed by atoms with Gasteiger partial charge in [0.1, 0.15) is 12.4 Å². The highest BCUT2D eigenvalue weighted by molar-refractivity contribution is 6.03. The summed E-state index contributed by atoms with van der Waals surface area (Å²) in [5, 5.41) is 0. The number of para-hydroxylation sites is 1. The molecular formula is C17H19NO5. The van der Waals surface area contributed by atoms with E-state index in [1.54, 1.807) is 4.90 Å². The van der Waals surface area contributed by atoms with E-state index in [0.717, 1.165) is 24.1 Å². The number of hydrogen-bond donors (Lipinski definition) is 0. The van der Waals surface area contributed by atoms with Gasteiger partial charge in [-0.2, -0.15) is 0 Å². The second-order valence-corrected chi connectivity index (χ2v) is 5.55. The van der Waals surface area contributed by atoms with Crippen LogP contribution in [0.25, 0.3) is 0 Å². The summed E-state index contributed by atoms with van der Waals surface area (Å²) in [4.78, 5) is 26.0. The second-order valence-electron chi connectivity index (χ2n) is 5.55. The van der Waals surface area contributed by atoms with Crippen molar-refractivity contribution in [2.24, 2.45) is 0 Å². The van der Waals surface area contributed by atoms with E-state index in [1.807, 2.05) is 24.3 Å². The molecule has 1 aromatic rings. The maximum absolute atomic E-state index is 12.3. The molecule has 0 atom stereocenters. The molecule has 0 saturated heterocycles. The molecule has 0 amide bonds. The predicted octanol–water partition coefficient (Wildman–Crippen LogP) is 1.96. The SMILES string of the molecule is COC(=O)C1=C(C(=O)OC)N(c2ccccc2C2CC2)COC1. The lowest BCUT2D eigenvalue weighted by Crippen LogP contribution is -2.39. The van der Waals surface area contributed by atoms with Gasteiger partial charge in [-0.1, -0.05) is 18.2 Å². The Kier molecular flexibility index (Phi) is 4.34. The molecule has 0 bridgehead atoms. The van der Waals surface area contributed by atoms with Gasteiger partial charge >= 0.3 is 11.9 Å². The minimum absolute atomic E-state index is 0.0270. The first-order valence-electron chi connectivity index (χ1n) is 7.51. The van der Waals surface area contributed by atoms with E-state index in [4.69, 9.17) is 14.2 Å². The molecule has 0 radical (unpaired) electrons. The van der Waals surface area contributed by atoms with Crippen molar-refractivity contribution in [1.82, 2.24) is 0 Å². The van der Waals surface area contributed by atoms with E-state index in [-0.39, 0.29) is 24.6 Å². The summed E-state index contributed by atoms with van der Waals surface area (Å²) in [6.07, 6.45) is 2.26. The first-order valence-corrected chi connectivity index (χ1v) is 7.51. The number of carbonyl (C=O) groups excluding carboxylic acids is 2. The number of anilines is 1. The van der Waals surface area contributed by atoms with Crippen molar-refractivity contribution in [3.8, 4) is 0 Å². The van der Waals surface area contributed by atoms with Gasteiger partial charge in [0.2, 0.25) is 0 Å². The van der Waals surface area contributed by atoms with Gasteiger partial charge in [0, 0.05) is 5.69 Å². The first kappa shape index (κ1) is 15.6. The van der Waals surface area contributed by atoms with Crippen LogP contribution in [0.2, 0.25) is 0 Å². The normalized spacial score (nSPS) is 17.9.